The molecule has 1 aromatic heterocycles. The number of benzene rings is 2. The molecule has 0 aliphatic carbocycles. The van der Waals surface area contributed by atoms with Gasteiger partial charge in [0, 0.05) is 23.6 Å². The van der Waals surface area contributed by atoms with Gasteiger partial charge in [-0.05, 0) is 64.4 Å². The molecule has 2 aromatic carbocycles. The quantitative estimate of drug-likeness (QED) is 0.207. The second-order valence-corrected chi connectivity index (χ2v) is 7.49. The van der Waals surface area contributed by atoms with Gasteiger partial charge in [0.05, 0.1) is 3.57 Å². The first-order valence-electron chi connectivity index (χ1n) is 9.10. The van der Waals surface area contributed by atoms with Gasteiger partial charge in [-0.25, -0.2) is 0 Å². The molecule has 0 saturated heterocycles. The molecule has 1 heterocycles. The van der Waals surface area contributed by atoms with Crippen LogP contribution in [0.4, 0.5) is 0 Å². The van der Waals surface area contributed by atoms with Crippen LogP contribution in [-0.4, -0.2) is 24.0 Å². The van der Waals surface area contributed by atoms with Crippen LogP contribution in [0, 0.1) is 14.9 Å². The summed E-state index contributed by atoms with van der Waals surface area (Å²) in [7, 11) is 0. The van der Waals surface area contributed by atoms with Crippen molar-refractivity contribution in [1.82, 2.24) is 10.3 Å². The Labute approximate surface area is 183 Å². The second-order valence-electron chi connectivity index (χ2n) is 6.32. The van der Waals surface area contributed by atoms with Crippen LogP contribution in [0.25, 0.3) is 17.0 Å². The zero-order valence-corrected chi connectivity index (χ0v) is 17.9. The maximum atomic E-state index is 12.4. The average Bonchev–Trinajstić information content (AvgIpc) is 3.14. The lowest BCUT2D eigenvalue weighted by Crippen LogP contribution is -2.26. The lowest BCUT2D eigenvalue weighted by Gasteiger charge is -2.07. The van der Waals surface area contributed by atoms with Gasteiger partial charge in [0.25, 0.3) is 5.91 Å². The number of amides is 1. The summed E-state index contributed by atoms with van der Waals surface area (Å²) < 4.78 is 6.44. The van der Waals surface area contributed by atoms with Crippen molar-refractivity contribution in [2.45, 2.75) is 6.42 Å². The molecule has 29 heavy (non-hydrogen) atoms. The highest BCUT2D eigenvalue weighted by Crippen LogP contribution is 2.23. The van der Waals surface area contributed by atoms with Crippen LogP contribution in [0.15, 0.2) is 66.9 Å². The molecular formula is C23H20IN3O2. The number of aromatic nitrogens is 1. The Bertz CT molecular complexity index is 1110. The van der Waals surface area contributed by atoms with Crippen LogP contribution in [-0.2, 0) is 11.2 Å². The predicted octanol–water partition coefficient (Wildman–Crippen LogP) is 4.60. The topological polar surface area (TPSA) is 77.9 Å². The van der Waals surface area contributed by atoms with Crippen LogP contribution in [0.2, 0.25) is 0 Å². The van der Waals surface area contributed by atoms with Gasteiger partial charge < -0.3 is 15.0 Å². The fraction of sp³-hybridized carbons (Fsp3) is 0.130. The molecule has 146 valence electrons. The summed E-state index contributed by atoms with van der Waals surface area (Å²) >= 11 is 2.16. The molecule has 6 heteroatoms. The smallest absolute Gasteiger partial charge is 0.261 e. The summed E-state index contributed by atoms with van der Waals surface area (Å²) in [6.07, 6.45) is 5.90. The molecule has 0 bridgehead atoms. The van der Waals surface area contributed by atoms with E-state index < -0.39 is 0 Å². The van der Waals surface area contributed by atoms with E-state index in [4.69, 9.17) is 4.74 Å². The minimum Gasteiger partial charge on any atom is -0.488 e. The van der Waals surface area contributed by atoms with Crippen molar-refractivity contribution < 1.29 is 9.53 Å². The summed E-state index contributed by atoms with van der Waals surface area (Å²) in [5.74, 6) is 0.360. The van der Waals surface area contributed by atoms with E-state index in [0.717, 1.165) is 31.3 Å². The number of ether oxygens (including phenoxy) is 1. The Balaban J connectivity index is 1.63. The first-order chi connectivity index (χ1) is 14.1. The van der Waals surface area contributed by atoms with Gasteiger partial charge in [-0.2, -0.15) is 5.26 Å². The van der Waals surface area contributed by atoms with E-state index in [2.05, 4.69) is 39.5 Å². The highest BCUT2D eigenvalue weighted by atomic mass is 127. The van der Waals surface area contributed by atoms with E-state index in [9.17, 15) is 10.1 Å². The number of hydrogen-bond acceptors (Lipinski definition) is 3. The Hall–Kier alpha value is -3.05. The summed E-state index contributed by atoms with van der Waals surface area (Å²) in [5.41, 5.74) is 3.04. The SMILES string of the molecule is C=CCOc1ccc(/C=C(/C#N)C(=O)NCCc2c[nH]c3ccccc23)cc1I. The highest BCUT2D eigenvalue weighted by Gasteiger charge is 2.10. The van der Waals surface area contributed by atoms with Gasteiger partial charge in [0.1, 0.15) is 24.0 Å². The number of fused-ring (bicyclic) bond motifs is 1. The van der Waals surface area contributed by atoms with Crippen LogP contribution in [0.1, 0.15) is 11.1 Å². The van der Waals surface area contributed by atoms with Crippen molar-refractivity contribution in [3.63, 3.8) is 0 Å². The van der Waals surface area contributed by atoms with Gasteiger partial charge in [-0.1, -0.05) is 36.9 Å². The molecule has 0 spiro atoms. The number of nitriles is 1. The number of nitrogens with one attached hydrogen (secondary N) is 2. The van der Waals surface area contributed by atoms with Crippen molar-refractivity contribution in [2.24, 2.45) is 0 Å². The van der Waals surface area contributed by atoms with E-state index in [1.54, 1.807) is 12.2 Å². The minimum absolute atomic E-state index is 0.0690. The van der Waals surface area contributed by atoms with E-state index >= 15 is 0 Å². The Morgan fingerprint density at radius 2 is 2.14 bits per heavy atom. The largest absolute Gasteiger partial charge is 0.488 e. The van der Waals surface area contributed by atoms with Gasteiger partial charge in [0.2, 0.25) is 0 Å². The second kappa shape index (κ2) is 9.94. The molecule has 0 aliphatic heterocycles. The van der Waals surface area contributed by atoms with Crippen molar-refractivity contribution in [2.75, 3.05) is 13.2 Å². The normalized spacial score (nSPS) is 11.1. The van der Waals surface area contributed by atoms with E-state index in [1.165, 1.54) is 0 Å². The van der Waals surface area contributed by atoms with Crippen molar-refractivity contribution in [3.8, 4) is 11.8 Å². The molecule has 3 aromatic rings. The maximum absolute atomic E-state index is 12.4. The molecule has 0 fully saturated rings. The third-order valence-electron chi connectivity index (χ3n) is 4.34. The van der Waals surface area contributed by atoms with Crippen LogP contribution < -0.4 is 10.1 Å². The third kappa shape index (κ3) is 5.27. The van der Waals surface area contributed by atoms with Crippen molar-refractivity contribution >= 4 is 45.5 Å². The minimum atomic E-state index is -0.380. The zero-order valence-electron chi connectivity index (χ0n) is 15.7. The number of nitrogens with zero attached hydrogens (tertiary/aromatic N) is 1. The Kier molecular flexibility index (Phi) is 7.09. The van der Waals surface area contributed by atoms with Crippen molar-refractivity contribution in [3.05, 3.63) is 81.6 Å². The Morgan fingerprint density at radius 3 is 2.90 bits per heavy atom. The number of aromatic amines is 1. The summed E-state index contributed by atoms with van der Waals surface area (Å²) in [6, 6.07) is 15.5. The average molecular weight is 497 g/mol. The highest BCUT2D eigenvalue weighted by molar-refractivity contribution is 14.1. The number of rotatable bonds is 8. The van der Waals surface area contributed by atoms with Gasteiger partial charge in [0.15, 0.2) is 0 Å². The standard InChI is InChI=1S/C23H20IN3O2/c1-2-11-29-22-8-7-16(13-20(22)24)12-18(14-25)23(28)26-10-9-17-15-27-21-6-4-3-5-19(17)21/h2-8,12-13,15,27H,1,9-11H2,(H,26,28)/b18-12-. The third-order valence-corrected chi connectivity index (χ3v) is 5.19. The van der Waals surface area contributed by atoms with Gasteiger partial charge in [-0.15, -0.1) is 0 Å². The van der Waals surface area contributed by atoms with E-state index in [1.807, 2.05) is 54.7 Å². The van der Waals surface area contributed by atoms with Gasteiger partial charge in [-0.3, -0.25) is 4.79 Å². The maximum Gasteiger partial charge on any atom is 0.261 e. The Morgan fingerprint density at radius 1 is 1.31 bits per heavy atom. The fourth-order valence-corrected chi connectivity index (χ4v) is 3.63. The number of H-pyrrole nitrogens is 1. The van der Waals surface area contributed by atoms with Crippen LogP contribution >= 0.6 is 22.6 Å². The molecular weight excluding hydrogens is 477 g/mol. The van der Waals surface area contributed by atoms with Crippen molar-refractivity contribution in [1.29, 1.82) is 5.26 Å². The number of carbonyl (C=O) groups excluding carboxylic acids is 1. The molecule has 1 amide bonds. The summed E-state index contributed by atoms with van der Waals surface area (Å²) in [5, 5.41) is 13.4. The monoisotopic (exact) mass is 497 g/mol. The predicted molar refractivity (Wildman–Crippen MR) is 123 cm³/mol. The lowest BCUT2D eigenvalue weighted by atomic mass is 10.1. The molecule has 0 unspecified atom stereocenters. The molecule has 3 rings (SSSR count). The number of hydrogen-bond donors (Lipinski definition) is 2. The fourth-order valence-electron chi connectivity index (χ4n) is 2.93. The zero-order chi connectivity index (χ0) is 20.6. The molecule has 0 radical (unpaired) electrons. The summed E-state index contributed by atoms with van der Waals surface area (Å²) in [4.78, 5) is 15.6. The van der Waals surface area contributed by atoms with Gasteiger partial charge >= 0.3 is 0 Å². The summed E-state index contributed by atoms with van der Waals surface area (Å²) in [6.45, 7) is 4.50. The molecule has 0 saturated carbocycles. The van der Waals surface area contributed by atoms with E-state index in [-0.39, 0.29) is 11.5 Å². The van der Waals surface area contributed by atoms with E-state index in [0.29, 0.717) is 19.6 Å². The first-order valence-corrected chi connectivity index (χ1v) is 10.2. The molecule has 0 atom stereocenters. The molecule has 0 aliphatic rings. The lowest BCUT2D eigenvalue weighted by molar-refractivity contribution is -0.117. The number of halogens is 1. The number of para-hydroxylation sites is 1. The van der Waals surface area contributed by atoms with Crippen LogP contribution in [0.3, 0.4) is 0 Å². The first kappa shape index (κ1) is 20.7. The molecule has 2 N–H and O–H groups in total. The van der Waals surface area contributed by atoms with Crippen LogP contribution in [0.5, 0.6) is 5.75 Å². The number of carbonyl (C=O) groups is 1. The molecule has 5 nitrogen and oxygen atoms in total.